The van der Waals surface area contributed by atoms with E-state index in [4.69, 9.17) is 0 Å². The number of hydrogen-bond donors (Lipinski definition) is 0. The van der Waals surface area contributed by atoms with Crippen molar-refractivity contribution in [2.24, 2.45) is 0 Å². The first kappa shape index (κ1) is 15.3. The molecule has 0 atom stereocenters. The topological polar surface area (TPSA) is 32.8 Å². The van der Waals surface area contributed by atoms with Crippen LogP contribution in [-0.2, 0) is 16.0 Å². The molecule has 2 heterocycles. The summed E-state index contributed by atoms with van der Waals surface area (Å²) in [5.41, 5.74) is -0.168. The number of likely N-dealkylation sites (tertiary alicyclic amines) is 1. The minimum atomic E-state index is -4.42. The molecule has 0 bridgehead atoms. The molecule has 1 fully saturated rings. The molecule has 0 aromatic heterocycles. The smallest absolute Gasteiger partial charge is 0.366 e. The molecule has 1 aromatic carbocycles. The van der Waals surface area contributed by atoms with E-state index < -0.39 is 11.8 Å². The van der Waals surface area contributed by atoms with Crippen molar-refractivity contribution in [1.29, 1.82) is 0 Å². The average Bonchev–Trinajstić information content (AvgIpc) is 2.84. The van der Waals surface area contributed by atoms with Gasteiger partial charge in [-0.25, -0.2) is 0 Å². The molecule has 1 amide bonds. The third kappa shape index (κ3) is 2.38. The summed E-state index contributed by atoms with van der Waals surface area (Å²) in [7, 11) is 1.06. The first-order valence-electron chi connectivity index (χ1n) is 7.09. The molecule has 1 aromatic rings. The molecule has 3 rings (SSSR count). The highest BCUT2D eigenvalue weighted by atomic mass is 19.4. The minimum absolute atomic E-state index is 0.0183. The summed E-state index contributed by atoms with van der Waals surface area (Å²) in [4.78, 5) is 15.4. The maximum atomic E-state index is 12.9. The lowest BCUT2D eigenvalue weighted by Crippen LogP contribution is -2.71. The van der Waals surface area contributed by atoms with Crippen LogP contribution in [0.3, 0.4) is 0 Å². The van der Waals surface area contributed by atoms with E-state index in [1.807, 2.05) is 24.3 Å². The van der Waals surface area contributed by atoms with Crippen LogP contribution in [0.1, 0.15) is 5.56 Å². The average molecular weight is 314 g/mol. The lowest BCUT2D eigenvalue weighted by molar-refractivity contribution is -0.309. The van der Waals surface area contributed by atoms with Gasteiger partial charge in [0.25, 0.3) is 0 Å². The Labute approximate surface area is 126 Å². The maximum absolute atomic E-state index is 12.9. The number of fused-ring (bicyclic) bond motifs is 1. The Balaban J connectivity index is 1.61. The fourth-order valence-electron chi connectivity index (χ4n) is 3.09. The molecule has 0 aliphatic carbocycles. The Morgan fingerprint density at radius 1 is 1.32 bits per heavy atom. The zero-order valence-corrected chi connectivity index (χ0v) is 12.2. The van der Waals surface area contributed by atoms with E-state index in [2.05, 4.69) is 4.74 Å². The molecule has 2 aliphatic rings. The van der Waals surface area contributed by atoms with E-state index in [1.54, 1.807) is 4.90 Å². The highest BCUT2D eigenvalue weighted by Gasteiger charge is 2.62. The predicted molar refractivity (Wildman–Crippen MR) is 74.7 cm³/mol. The van der Waals surface area contributed by atoms with E-state index >= 15 is 0 Å². The summed E-state index contributed by atoms with van der Waals surface area (Å²) in [6.07, 6.45) is -3.63. The number of amides is 1. The van der Waals surface area contributed by atoms with Crippen molar-refractivity contribution in [1.82, 2.24) is 4.90 Å². The lowest BCUT2D eigenvalue weighted by Gasteiger charge is -2.49. The van der Waals surface area contributed by atoms with E-state index in [0.29, 0.717) is 6.54 Å². The summed E-state index contributed by atoms with van der Waals surface area (Å²) in [6.45, 7) is -0.0291. The second-order valence-corrected chi connectivity index (χ2v) is 5.77. The summed E-state index contributed by atoms with van der Waals surface area (Å²) in [5, 5.41) is 0. The Morgan fingerprint density at radius 2 is 2.00 bits per heavy atom. The Kier molecular flexibility index (Phi) is 3.65. The number of alkyl halides is 3. The number of benzene rings is 1. The Morgan fingerprint density at radius 3 is 2.64 bits per heavy atom. The summed E-state index contributed by atoms with van der Waals surface area (Å²) in [6, 6.07) is 7.60. The first-order valence-corrected chi connectivity index (χ1v) is 7.09. The zero-order chi connectivity index (χ0) is 16.0. The number of rotatable bonds is 3. The first-order chi connectivity index (χ1) is 10.4. The Bertz CT molecular complexity index is 582. The molecule has 2 aliphatic heterocycles. The van der Waals surface area contributed by atoms with Crippen LogP contribution >= 0.6 is 0 Å². The van der Waals surface area contributed by atoms with Gasteiger partial charge in [-0.1, -0.05) is 18.2 Å². The van der Waals surface area contributed by atoms with Gasteiger partial charge in [0.2, 0.25) is 5.91 Å². The van der Waals surface area contributed by atoms with Crippen molar-refractivity contribution in [2.75, 3.05) is 38.2 Å². The van der Waals surface area contributed by atoms with Crippen molar-refractivity contribution in [2.45, 2.75) is 18.2 Å². The number of carbonyl (C=O) groups is 1. The van der Waals surface area contributed by atoms with E-state index in [1.165, 1.54) is 4.90 Å². The van der Waals surface area contributed by atoms with Crippen LogP contribution in [0.5, 0.6) is 0 Å². The van der Waals surface area contributed by atoms with E-state index in [-0.39, 0.29) is 25.5 Å². The minimum Gasteiger partial charge on any atom is -0.366 e. The lowest BCUT2D eigenvalue weighted by atomic mass is 9.93. The number of ether oxygens (including phenoxy) is 1. The fraction of sp³-hybridized carbons (Fsp3) is 0.533. The molecule has 0 spiro atoms. The molecule has 0 saturated carbocycles. The van der Waals surface area contributed by atoms with Gasteiger partial charge in [0.1, 0.15) is 0 Å². The summed E-state index contributed by atoms with van der Waals surface area (Å²) >= 11 is 0. The predicted octanol–water partition coefficient (Wildman–Crippen LogP) is 1.84. The molecule has 7 heteroatoms. The van der Waals surface area contributed by atoms with Crippen LogP contribution in [-0.4, -0.2) is 55.9 Å². The van der Waals surface area contributed by atoms with Crippen molar-refractivity contribution in [3.63, 3.8) is 0 Å². The number of methoxy groups -OCH3 is 1. The highest BCUT2D eigenvalue weighted by molar-refractivity contribution is 5.96. The molecule has 0 unspecified atom stereocenters. The summed E-state index contributed by atoms with van der Waals surface area (Å²) < 4.78 is 43.4. The van der Waals surface area contributed by atoms with Gasteiger partial charge in [0.05, 0.1) is 6.54 Å². The molecule has 1 saturated heterocycles. The molecule has 120 valence electrons. The monoisotopic (exact) mass is 314 g/mol. The second kappa shape index (κ2) is 5.24. The van der Waals surface area contributed by atoms with Crippen molar-refractivity contribution < 1.29 is 22.7 Å². The van der Waals surface area contributed by atoms with Gasteiger partial charge >= 0.3 is 6.18 Å². The number of anilines is 1. The number of carbonyl (C=O) groups excluding carboxylic acids is 1. The third-order valence-electron chi connectivity index (χ3n) is 4.41. The molecule has 22 heavy (non-hydrogen) atoms. The number of halogens is 3. The van der Waals surface area contributed by atoms with Crippen LogP contribution < -0.4 is 4.90 Å². The third-order valence-corrected chi connectivity index (χ3v) is 4.41. The number of para-hydroxylation sites is 1. The van der Waals surface area contributed by atoms with Gasteiger partial charge < -0.3 is 9.64 Å². The van der Waals surface area contributed by atoms with Gasteiger partial charge in [-0.3, -0.25) is 9.69 Å². The van der Waals surface area contributed by atoms with Crippen molar-refractivity contribution in [3.05, 3.63) is 29.8 Å². The SMILES string of the molecule is COC1(C(F)(F)F)CN(CC(=O)N2CCc3ccccc32)C1. The quantitative estimate of drug-likeness (QED) is 0.853. The van der Waals surface area contributed by atoms with Crippen molar-refractivity contribution in [3.8, 4) is 0 Å². The zero-order valence-electron chi connectivity index (χ0n) is 12.2. The van der Waals surface area contributed by atoms with Gasteiger partial charge in [-0.15, -0.1) is 0 Å². The van der Waals surface area contributed by atoms with Gasteiger partial charge in [-0.05, 0) is 18.1 Å². The van der Waals surface area contributed by atoms with E-state index in [0.717, 1.165) is 24.8 Å². The van der Waals surface area contributed by atoms with Crippen LogP contribution in [0.15, 0.2) is 24.3 Å². The van der Waals surface area contributed by atoms with Crippen LogP contribution in [0.25, 0.3) is 0 Å². The standard InChI is InChI=1S/C15H17F3N2O2/c1-22-14(15(16,17)18)9-19(10-14)8-13(21)20-7-6-11-4-2-3-5-12(11)20/h2-5H,6-10H2,1H3. The number of hydrogen-bond acceptors (Lipinski definition) is 3. The Hall–Kier alpha value is -1.60. The second-order valence-electron chi connectivity index (χ2n) is 5.77. The molecule has 0 radical (unpaired) electrons. The van der Waals surface area contributed by atoms with Crippen LogP contribution in [0, 0.1) is 0 Å². The van der Waals surface area contributed by atoms with Crippen molar-refractivity contribution >= 4 is 11.6 Å². The summed E-state index contributed by atoms with van der Waals surface area (Å²) in [5.74, 6) is -0.170. The molecular weight excluding hydrogens is 297 g/mol. The fourth-order valence-corrected chi connectivity index (χ4v) is 3.09. The number of nitrogens with zero attached hydrogens (tertiary/aromatic N) is 2. The van der Waals surface area contributed by atoms with Crippen LogP contribution in [0.2, 0.25) is 0 Å². The molecular formula is C15H17F3N2O2. The normalized spacial score (nSPS) is 20.6. The van der Waals surface area contributed by atoms with Gasteiger partial charge in [0.15, 0.2) is 5.60 Å². The van der Waals surface area contributed by atoms with Gasteiger partial charge in [-0.2, -0.15) is 13.2 Å². The maximum Gasteiger partial charge on any atom is 0.419 e. The van der Waals surface area contributed by atoms with Crippen LogP contribution in [0.4, 0.5) is 18.9 Å². The van der Waals surface area contributed by atoms with Gasteiger partial charge in [0, 0.05) is 32.4 Å². The molecule has 4 nitrogen and oxygen atoms in total. The highest BCUT2D eigenvalue weighted by Crippen LogP contribution is 2.40. The largest absolute Gasteiger partial charge is 0.419 e. The molecule has 0 N–H and O–H groups in total. The van der Waals surface area contributed by atoms with E-state index in [9.17, 15) is 18.0 Å².